The first-order valence-corrected chi connectivity index (χ1v) is 10.5. The second-order valence-corrected chi connectivity index (χ2v) is 8.19. The SMILES string of the molecule is CC(C(=O)O)C(=O)CC(O)C=Cc1c(C(C)C)nc2[nH]c(=O)ccc2c1-c1ccc(F)cc1. The summed E-state index contributed by atoms with van der Waals surface area (Å²) in [6, 6.07) is 8.90. The standard InChI is InChI=1S/C25H25FN2O5/c1-13(2)23-18(9-8-17(29)12-20(30)14(3)25(32)33)22(15-4-6-16(26)7-5-15)19-10-11-21(31)27-24(19)28-23/h4-11,13-14,17,29H,12H2,1-3H3,(H,32,33)(H,27,28,31). The van der Waals surface area contributed by atoms with E-state index in [0.717, 1.165) is 0 Å². The lowest BCUT2D eigenvalue weighted by Gasteiger charge is -2.18. The van der Waals surface area contributed by atoms with Gasteiger partial charge in [0.1, 0.15) is 23.2 Å². The molecule has 0 aliphatic carbocycles. The van der Waals surface area contributed by atoms with E-state index in [1.807, 2.05) is 13.8 Å². The monoisotopic (exact) mass is 452 g/mol. The molecular weight excluding hydrogens is 427 g/mol. The van der Waals surface area contributed by atoms with E-state index in [9.17, 15) is 23.9 Å². The minimum atomic E-state index is -1.25. The largest absolute Gasteiger partial charge is 0.481 e. The number of ketones is 1. The first-order valence-electron chi connectivity index (χ1n) is 10.5. The summed E-state index contributed by atoms with van der Waals surface area (Å²) >= 11 is 0. The number of nitrogens with zero attached hydrogens (tertiary/aromatic N) is 1. The van der Waals surface area contributed by atoms with Crippen LogP contribution in [0.25, 0.3) is 28.2 Å². The van der Waals surface area contributed by atoms with E-state index in [1.165, 1.54) is 31.2 Å². The van der Waals surface area contributed by atoms with Gasteiger partial charge in [-0.1, -0.05) is 38.1 Å². The summed E-state index contributed by atoms with van der Waals surface area (Å²) in [5.41, 5.74) is 2.73. The maximum atomic E-state index is 13.6. The molecule has 3 rings (SSSR count). The summed E-state index contributed by atoms with van der Waals surface area (Å²) in [4.78, 5) is 42.3. The van der Waals surface area contributed by atoms with Crippen molar-refractivity contribution in [1.29, 1.82) is 0 Å². The van der Waals surface area contributed by atoms with Crippen molar-refractivity contribution in [2.45, 2.75) is 39.2 Å². The fourth-order valence-corrected chi connectivity index (χ4v) is 3.54. The molecule has 0 radical (unpaired) electrons. The number of aliphatic hydroxyl groups excluding tert-OH is 1. The number of carboxylic acids is 1. The van der Waals surface area contributed by atoms with Crippen molar-refractivity contribution >= 4 is 28.9 Å². The van der Waals surface area contributed by atoms with Crippen molar-refractivity contribution in [3.63, 3.8) is 0 Å². The minimum Gasteiger partial charge on any atom is -0.481 e. The van der Waals surface area contributed by atoms with Gasteiger partial charge in [-0.3, -0.25) is 14.4 Å². The van der Waals surface area contributed by atoms with Gasteiger partial charge in [0, 0.05) is 29.0 Å². The normalized spacial score (nSPS) is 13.5. The molecule has 0 saturated heterocycles. The number of aliphatic carboxylic acids is 1. The summed E-state index contributed by atoms with van der Waals surface area (Å²) in [5.74, 6) is -3.51. The smallest absolute Gasteiger partial charge is 0.313 e. The topological polar surface area (TPSA) is 120 Å². The lowest BCUT2D eigenvalue weighted by atomic mass is 9.91. The molecule has 0 bridgehead atoms. The van der Waals surface area contributed by atoms with E-state index in [-0.39, 0.29) is 17.9 Å². The van der Waals surface area contributed by atoms with Gasteiger partial charge < -0.3 is 15.2 Å². The van der Waals surface area contributed by atoms with Gasteiger partial charge in [-0.05, 0) is 36.6 Å². The number of aromatic amines is 1. The van der Waals surface area contributed by atoms with E-state index >= 15 is 0 Å². The van der Waals surface area contributed by atoms with Gasteiger partial charge in [-0.15, -0.1) is 0 Å². The summed E-state index contributed by atoms with van der Waals surface area (Å²) in [5, 5.41) is 20.0. The van der Waals surface area contributed by atoms with E-state index < -0.39 is 29.6 Å². The molecule has 0 spiro atoms. The quantitative estimate of drug-likeness (QED) is 0.446. The molecule has 0 aliphatic heterocycles. The number of hydrogen-bond donors (Lipinski definition) is 3. The van der Waals surface area contributed by atoms with E-state index in [1.54, 1.807) is 24.3 Å². The van der Waals surface area contributed by atoms with Crippen LogP contribution in [0.3, 0.4) is 0 Å². The van der Waals surface area contributed by atoms with E-state index in [0.29, 0.717) is 33.4 Å². The van der Waals surface area contributed by atoms with Crippen molar-refractivity contribution in [2.24, 2.45) is 5.92 Å². The zero-order chi connectivity index (χ0) is 24.3. The summed E-state index contributed by atoms with van der Waals surface area (Å²) in [6.45, 7) is 5.13. The Balaban J connectivity index is 2.16. The van der Waals surface area contributed by atoms with Crippen LogP contribution in [0.4, 0.5) is 4.39 Å². The third kappa shape index (κ3) is 5.40. The molecule has 1 aromatic carbocycles. The highest BCUT2D eigenvalue weighted by atomic mass is 19.1. The van der Waals surface area contributed by atoms with Crippen LogP contribution in [0.5, 0.6) is 0 Å². The van der Waals surface area contributed by atoms with Crippen molar-refractivity contribution < 1.29 is 24.2 Å². The van der Waals surface area contributed by atoms with Crippen molar-refractivity contribution in [1.82, 2.24) is 9.97 Å². The maximum Gasteiger partial charge on any atom is 0.313 e. The van der Waals surface area contributed by atoms with Crippen molar-refractivity contribution in [3.8, 4) is 11.1 Å². The average molecular weight is 452 g/mol. The van der Waals surface area contributed by atoms with Crippen LogP contribution >= 0.6 is 0 Å². The highest BCUT2D eigenvalue weighted by molar-refractivity contribution is 5.99. The number of halogens is 1. The number of benzene rings is 1. The highest BCUT2D eigenvalue weighted by Gasteiger charge is 2.23. The molecule has 2 atom stereocenters. The van der Waals surface area contributed by atoms with Gasteiger partial charge in [-0.2, -0.15) is 0 Å². The Labute approximate surface area is 189 Å². The minimum absolute atomic E-state index is 0.0669. The number of H-pyrrole nitrogens is 1. The summed E-state index contributed by atoms with van der Waals surface area (Å²) < 4.78 is 13.6. The van der Waals surface area contributed by atoms with Crippen LogP contribution in [0.15, 0.2) is 47.3 Å². The zero-order valence-electron chi connectivity index (χ0n) is 18.5. The van der Waals surface area contributed by atoms with Crippen molar-refractivity contribution in [3.05, 3.63) is 69.9 Å². The lowest BCUT2D eigenvalue weighted by molar-refractivity contribution is -0.145. The van der Waals surface area contributed by atoms with E-state index in [4.69, 9.17) is 5.11 Å². The molecule has 7 nitrogen and oxygen atoms in total. The number of pyridine rings is 2. The first kappa shape index (κ1) is 24.0. The van der Waals surface area contributed by atoms with Gasteiger partial charge in [-0.25, -0.2) is 9.37 Å². The molecule has 0 saturated carbocycles. The number of hydrogen-bond acceptors (Lipinski definition) is 5. The summed E-state index contributed by atoms with van der Waals surface area (Å²) in [6.07, 6.45) is 1.50. The molecule has 2 unspecified atom stereocenters. The second-order valence-electron chi connectivity index (χ2n) is 8.19. The van der Waals surface area contributed by atoms with Crippen LogP contribution in [0.2, 0.25) is 0 Å². The number of aliphatic hydroxyl groups is 1. The second kappa shape index (κ2) is 9.87. The molecule has 2 heterocycles. The highest BCUT2D eigenvalue weighted by Crippen LogP contribution is 2.35. The fraction of sp³-hybridized carbons (Fsp3) is 0.280. The molecule has 0 amide bonds. The van der Waals surface area contributed by atoms with Crippen molar-refractivity contribution in [2.75, 3.05) is 0 Å². The van der Waals surface area contributed by atoms with Gasteiger partial charge in [0.2, 0.25) is 5.56 Å². The van der Waals surface area contributed by atoms with Gasteiger partial charge >= 0.3 is 5.97 Å². The number of aromatic nitrogens is 2. The van der Waals surface area contributed by atoms with Crippen LogP contribution in [-0.2, 0) is 9.59 Å². The number of Topliss-reactive ketones (excluding diaryl/α,β-unsaturated/α-hetero) is 1. The number of rotatable bonds is 8. The lowest BCUT2D eigenvalue weighted by Crippen LogP contribution is -2.23. The summed E-state index contributed by atoms with van der Waals surface area (Å²) in [7, 11) is 0. The molecule has 33 heavy (non-hydrogen) atoms. The Hall–Kier alpha value is -3.65. The Morgan fingerprint density at radius 2 is 1.79 bits per heavy atom. The predicted octanol–water partition coefficient (Wildman–Crippen LogP) is 3.91. The Morgan fingerprint density at radius 1 is 1.12 bits per heavy atom. The molecule has 2 aromatic heterocycles. The molecule has 172 valence electrons. The first-order chi connectivity index (χ1) is 15.6. The zero-order valence-corrected chi connectivity index (χ0v) is 18.5. The van der Waals surface area contributed by atoms with Crippen LogP contribution in [0.1, 0.15) is 44.4 Å². The van der Waals surface area contributed by atoms with Gasteiger partial charge in [0.25, 0.3) is 0 Å². The molecule has 8 heteroatoms. The third-order valence-electron chi connectivity index (χ3n) is 5.37. The number of fused-ring (bicyclic) bond motifs is 1. The average Bonchev–Trinajstić information content (AvgIpc) is 2.76. The molecule has 3 aromatic rings. The molecule has 0 fully saturated rings. The number of carbonyl (C=O) groups is 2. The Kier molecular flexibility index (Phi) is 7.18. The predicted molar refractivity (Wildman–Crippen MR) is 123 cm³/mol. The third-order valence-corrected chi connectivity index (χ3v) is 5.37. The molecule has 3 N–H and O–H groups in total. The number of carboxylic acid groups (broad SMARTS) is 1. The van der Waals surface area contributed by atoms with Gasteiger partial charge in [0.15, 0.2) is 0 Å². The molecular formula is C25H25FN2O5. The maximum absolute atomic E-state index is 13.6. The van der Waals surface area contributed by atoms with E-state index in [2.05, 4.69) is 9.97 Å². The van der Waals surface area contributed by atoms with Crippen LogP contribution < -0.4 is 5.56 Å². The Bertz CT molecular complexity index is 1280. The molecule has 0 aliphatic rings. The number of nitrogens with one attached hydrogen (secondary N) is 1. The van der Waals surface area contributed by atoms with Crippen LogP contribution in [0, 0.1) is 11.7 Å². The number of carbonyl (C=O) groups excluding carboxylic acids is 1. The van der Waals surface area contributed by atoms with Gasteiger partial charge in [0.05, 0.1) is 11.8 Å². The Morgan fingerprint density at radius 3 is 2.39 bits per heavy atom. The fourth-order valence-electron chi connectivity index (χ4n) is 3.54. The van der Waals surface area contributed by atoms with Crippen LogP contribution in [-0.4, -0.2) is 38.0 Å².